The van der Waals surface area contributed by atoms with E-state index in [0.29, 0.717) is 0 Å². The van der Waals surface area contributed by atoms with Crippen molar-refractivity contribution in [3.63, 3.8) is 0 Å². The third-order valence-corrected chi connectivity index (χ3v) is 11.9. The molecule has 0 bridgehead atoms. The molecule has 0 radical (unpaired) electrons. The Hall–Kier alpha value is -6.20. The van der Waals surface area contributed by atoms with Crippen LogP contribution in [0.1, 0.15) is 46.5 Å². The molecule has 16 heteroatoms. The van der Waals surface area contributed by atoms with Gasteiger partial charge in [0.15, 0.2) is 20.2 Å². The number of alkyl halides is 6. The summed E-state index contributed by atoms with van der Waals surface area (Å²) in [6, 6.07) is 49.2. The first-order valence-corrected chi connectivity index (χ1v) is 22.7. The molecule has 0 saturated carbocycles. The quantitative estimate of drug-likeness (QED) is 0.0750. The molecule has 0 fully saturated rings. The van der Waals surface area contributed by atoms with E-state index in [1.807, 2.05) is 0 Å². The van der Waals surface area contributed by atoms with Crippen molar-refractivity contribution in [3.8, 4) is 22.5 Å². The van der Waals surface area contributed by atoms with E-state index in [-0.39, 0.29) is 0 Å². The highest BCUT2D eigenvalue weighted by atomic mass is 32.2. The average molecular weight is 917 g/mol. The van der Waals surface area contributed by atoms with Crippen molar-refractivity contribution in [3.05, 3.63) is 167 Å². The van der Waals surface area contributed by atoms with Gasteiger partial charge in [-0.05, 0) is 93.1 Å². The van der Waals surface area contributed by atoms with Gasteiger partial charge in [0.1, 0.15) is 13.1 Å². The molecule has 9 rings (SSSR count). The molecule has 0 unspecified atom stereocenters. The lowest BCUT2D eigenvalue weighted by Gasteiger charge is -2.14. The van der Waals surface area contributed by atoms with Crippen LogP contribution in [0.4, 0.5) is 26.3 Å². The van der Waals surface area contributed by atoms with Crippen LogP contribution < -0.4 is 9.13 Å². The van der Waals surface area contributed by atoms with E-state index in [4.69, 9.17) is 25.9 Å². The molecule has 0 spiro atoms. The molecule has 2 aliphatic heterocycles. The third-order valence-electron chi connectivity index (χ3n) is 10.8. The Morgan fingerprint density at radius 3 is 1.17 bits per heavy atom. The van der Waals surface area contributed by atoms with Gasteiger partial charge >= 0.3 is 11.0 Å². The van der Waals surface area contributed by atoms with Gasteiger partial charge in [0.05, 0.1) is 11.1 Å². The zero-order chi connectivity index (χ0) is 45.9. The first kappa shape index (κ1) is 45.8. The van der Waals surface area contributed by atoms with Crippen LogP contribution in [-0.2, 0) is 46.2 Å². The number of halogens is 6. The number of rotatable bonds is 4. The predicted molar refractivity (Wildman–Crippen MR) is 232 cm³/mol. The largest absolute Gasteiger partial charge is 0.741 e. The lowest BCUT2D eigenvalue weighted by Crippen LogP contribution is -2.40. The molecule has 5 aromatic carbocycles. The second-order valence-electron chi connectivity index (χ2n) is 15.0. The second-order valence-corrected chi connectivity index (χ2v) is 17.7. The van der Waals surface area contributed by atoms with E-state index in [0.717, 1.165) is 38.8 Å². The van der Waals surface area contributed by atoms with Crippen molar-refractivity contribution in [2.45, 2.75) is 49.8 Å². The van der Waals surface area contributed by atoms with Crippen molar-refractivity contribution >= 4 is 66.1 Å². The monoisotopic (exact) mass is 916 g/mol. The minimum atomic E-state index is -6.09. The fraction of sp³-hybridized carbons (Fsp3) is 0.167. The molecule has 8 nitrogen and oxygen atoms in total. The molecule has 0 aliphatic carbocycles. The molecule has 0 amide bonds. The topological polar surface area (TPSA) is 122 Å². The van der Waals surface area contributed by atoms with Gasteiger partial charge in [-0.3, -0.25) is 0 Å². The number of hydrogen-bond acceptors (Lipinski definition) is 6. The number of benzene rings is 5. The molecule has 7 aromatic rings. The van der Waals surface area contributed by atoms with Crippen LogP contribution in [-0.4, -0.2) is 37.0 Å². The maximum Gasteiger partial charge on any atom is 0.485 e. The highest BCUT2D eigenvalue weighted by Gasteiger charge is 2.38. The van der Waals surface area contributed by atoms with Crippen LogP contribution >= 0.6 is 0 Å². The third kappa shape index (κ3) is 10.4. The van der Waals surface area contributed by atoms with Crippen LogP contribution in [0.2, 0.25) is 0 Å². The van der Waals surface area contributed by atoms with E-state index in [2.05, 4.69) is 167 Å². The number of aromatic nitrogens is 2. The van der Waals surface area contributed by atoms with Gasteiger partial charge < -0.3 is 9.11 Å². The molecule has 64 heavy (non-hydrogen) atoms. The van der Waals surface area contributed by atoms with Crippen molar-refractivity contribution in [1.29, 1.82) is 0 Å². The Kier molecular flexibility index (Phi) is 13.2. The summed E-state index contributed by atoms with van der Waals surface area (Å²) in [4.78, 5) is 0. The lowest BCUT2D eigenvalue weighted by molar-refractivity contribution is -0.689. The van der Waals surface area contributed by atoms with Crippen molar-refractivity contribution < 1.29 is 61.4 Å². The summed E-state index contributed by atoms with van der Waals surface area (Å²) in [5, 5.41) is 5.11. The van der Waals surface area contributed by atoms with Gasteiger partial charge in [0.2, 0.25) is 22.8 Å². The Bertz CT molecular complexity index is 2960. The Morgan fingerprint density at radius 1 is 0.453 bits per heavy atom. The minimum absolute atomic E-state index is 1.01. The number of pyridine rings is 2. The lowest BCUT2D eigenvalue weighted by atomic mass is 9.88. The van der Waals surface area contributed by atoms with Gasteiger partial charge in [-0.2, -0.15) is 35.5 Å². The van der Waals surface area contributed by atoms with Gasteiger partial charge in [-0.1, -0.05) is 84.9 Å². The van der Waals surface area contributed by atoms with Crippen LogP contribution in [0.15, 0.2) is 133 Å². The fourth-order valence-corrected chi connectivity index (χ4v) is 7.87. The van der Waals surface area contributed by atoms with Crippen molar-refractivity contribution in [2.75, 3.05) is 0 Å². The van der Waals surface area contributed by atoms with E-state index in [1.165, 1.54) is 77.7 Å². The molecule has 330 valence electrons. The molecular formula is C48H38F6N2O6S2. The predicted octanol–water partition coefficient (Wildman–Crippen LogP) is 10.2. The molecule has 2 aliphatic rings. The molecule has 0 N–H and O–H groups in total. The SMILES string of the molecule is C(=C\c1cccc2[n+]1CCCc1ccc3c(c1-2)-c1cccc(/C=C/c2ccc4ccccc4c2)[n+]1CCC3)/c1ccc2ccccc2c1.O=S(=O)([O-])C(F)(F)F.O=S(=O)([O-])C(F)(F)F. The standard InChI is InChI=1S/C46H38N2.2CHF3O3S/c1-3-11-39-31-33(19-23-35(39)9-1)21-27-41-15-5-17-43-45-37(13-7-29-47(41)43)25-26-38-14-8-30-48-42(16-6-18-44(48)46(38)45)28-22-34-20-24-36-10-2-4-12-40(36)32-34;2*2-1(3,4)8(5,6)7/h1-6,9-12,15-28,31-32H,7-8,13-14,29-30H2;2*(H,5,6,7)/q+2;;/p-2/b27-21+,28-22+;;. The van der Waals surface area contributed by atoms with Crippen molar-refractivity contribution in [1.82, 2.24) is 0 Å². The zero-order valence-corrected chi connectivity index (χ0v) is 35.3. The van der Waals surface area contributed by atoms with Crippen LogP contribution in [0, 0.1) is 0 Å². The first-order chi connectivity index (χ1) is 30.3. The van der Waals surface area contributed by atoms with Gasteiger partial charge in [0, 0.05) is 49.3 Å². The summed E-state index contributed by atoms with van der Waals surface area (Å²) in [5.74, 6) is 0. The Labute approximate surface area is 365 Å². The van der Waals surface area contributed by atoms with Crippen molar-refractivity contribution in [2.24, 2.45) is 0 Å². The molecule has 0 atom stereocenters. The molecule has 2 aromatic heterocycles. The number of hydrogen-bond donors (Lipinski definition) is 0. The molecule has 4 heterocycles. The van der Waals surface area contributed by atoms with E-state index in [9.17, 15) is 26.3 Å². The van der Waals surface area contributed by atoms with Crippen LogP contribution in [0.5, 0.6) is 0 Å². The van der Waals surface area contributed by atoms with E-state index >= 15 is 0 Å². The maximum atomic E-state index is 10.7. The van der Waals surface area contributed by atoms with E-state index in [1.54, 1.807) is 0 Å². The van der Waals surface area contributed by atoms with Crippen LogP contribution in [0.25, 0.3) is 68.4 Å². The maximum absolute atomic E-state index is 10.7. The zero-order valence-electron chi connectivity index (χ0n) is 33.7. The first-order valence-electron chi connectivity index (χ1n) is 19.9. The molecule has 0 saturated heterocycles. The summed E-state index contributed by atoms with van der Waals surface area (Å²) in [6.07, 6.45) is 13.6. The average Bonchev–Trinajstić information content (AvgIpc) is 3.56. The minimum Gasteiger partial charge on any atom is -0.741 e. The highest BCUT2D eigenvalue weighted by molar-refractivity contribution is 7.86. The fourth-order valence-electron chi connectivity index (χ4n) is 7.87. The van der Waals surface area contributed by atoms with Gasteiger partial charge in [-0.25, -0.2) is 16.8 Å². The Morgan fingerprint density at radius 2 is 0.812 bits per heavy atom. The summed E-state index contributed by atoms with van der Waals surface area (Å²) in [6.45, 7) is 2.01. The normalized spacial score (nSPS) is 14.0. The number of fused-ring (bicyclic) bond motifs is 9. The summed E-state index contributed by atoms with van der Waals surface area (Å²) in [7, 11) is -12.2. The molecular weight excluding hydrogens is 879 g/mol. The highest BCUT2D eigenvalue weighted by Crippen LogP contribution is 2.39. The second kappa shape index (κ2) is 18.5. The Balaban J connectivity index is 0.000000328. The van der Waals surface area contributed by atoms with Crippen LogP contribution in [0.3, 0.4) is 0 Å². The van der Waals surface area contributed by atoms with Gasteiger partial charge in [-0.15, -0.1) is 0 Å². The van der Waals surface area contributed by atoms with E-state index < -0.39 is 31.3 Å². The number of aryl methyl sites for hydroxylation is 2. The smallest absolute Gasteiger partial charge is 0.485 e. The summed E-state index contributed by atoms with van der Waals surface area (Å²) >= 11 is 0. The summed E-state index contributed by atoms with van der Waals surface area (Å²) in [5.41, 5.74) is 2.06. The van der Waals surface area contributed by atoms with Gasteiger partial charge in [0.25, 0.3) is 0 Å². The number of nitrogens with zero attached hydrogens (tertiary/aromatic N) is 2. The summed E-state index contributed by atoms with van der Waals surface area (Å²) < 4.78 is 123.